The summed E-state index contributed by atoms with van der Waals surface area (Å²) in [5.74, 6) is 0.583. The van der Waals surface area contributed by atoms with Gasteiger partial charge in [-0.2, -0.15) is 5.26 Å². The number of ether oxygens (including phenoxy) is 1. The predicted octanol–water partition coefficient (Wildman–Crippen LogP) is 3.23. The molecule has 2 aromatic carbocycles. The van der Waals surface area contributed by atoms with Gasteiger partial charge in [0.25, 0.3) is 0 Å². The van der Waals surface area contributed by atoms with Crippen LogP contribution in [0.5, 0.6) is 5.75 Å². The topological polar surface area (TPSA) is 33.0 Å². The lowest BCUT2D eigenvalue weighted by Gasteiger charge is -2.10. The lowest BCUT2D eigenvalue weighted by atomic mass is 9.90. The van der Waals surface area contributed by atoms with Crippen LogP contribution in [0.25, 0.3) is 0 Å². The van der Waals surface area contributed by atoms with Crippen LogP contribution >= 0.6 is 0 Å². The molecule has 0 amide bonds. The first-order valence-corrected chi connectivity index (χ1v) is 5.59. The van der Waals surface area contributed by atoms with Crippen molar-refractivity contribution in [1.82, 2.24) is 0 Å². The van der Waals surface area contributed by atoms with Crippen molar-refractivity contribution in [3.8, 4) is 11.8 Å². The molecule has 0 aromatic heterocycles. The molecule has 2 heteroatoms. The van der Waals surface area contributed by atoms with Gasteiger partial charge in [0.15, 0.2) is 0 Å². The fourth-order valence-electron chi connectivity index (χ4n) is 2.26. The van der Waals surface area contributed by atoms with Crippen LogP contribution in [-0.2, 0) is 6.61 Å². The maximum Gasteiger partial charge on any atom is 0.124 e. The molecule has 17 heavy (non-hydrogen) atoms. The first-order chi connectivity index (χ1) is 8.40. The second kappa shape index (κ2) is 3.95. The zero-order valence-electron chi connectivity index (χ0n) is 9.26. The molecule has 0 radical (unpaired) electrons. The summed E-state index contributed by atoms with van der Waals surface area (Å²) in [6.07, 6.45) is 0. The van der Waals surface area contributed by atoms with E-state index in [1.165, 1.54) is 0 Å². The van der Waals surface area contributed by atoms with Crippen LogP contribution in [0.1, 0.15) is 22.6 Å². The monoisotopic (exact) mass is 221 g/mol. The average Bonchev–Trinajstić information content (AvgIpc) is 2.55. The smallest absolute Gasteiger partial charge is 0.124 e. The van der Waals surface area contributed by atoms with Crippen LogP contribution in [-0.4, -0.2) is 0 Å². The summed E-state index contributed by atoms with van der Waals surface area (Å²) < 4.78 is 5.76. The third-order valence-electron chi connectivity index (χ3n) is 3.11. The van der Waals surface area contributed by atoms with Crippen molar-refractivity contribution in [2.75, 3.05) is 0 Å². The normalized spacial score (nSPS) is 17.0. The van der Waals surface area contributed by atoms with E-state index in [1.54, 1.807) is 0 Å². The van der Waals surface area contributed by atoms with E-state index < -0.39 is 0 Å². The Bertz CT molecular complexity index is 550. The standard InChI is InChI=1S/C15H11NO/c16-9-14-12-6-2-1-5-11(12)10-17-15-8-4-3-7-13(14)15/h1-8,14H,10H2/t14-/m0/s1. The molecular weight excluding hydrogens is 210 g/mol. The van der Waals surface area contributed by atoms with E-state index in [4.69, 9.17) is 4.74 Å². The van der Waals surface area contributed by atoms with Gasteiger partial charge in [-0.15, -0.1) is 0 Å². The minimum absolute atomic E-state index is 0.232. The maximum atomic E-state index is 9.40. The van der Waals surface area contributed by atoms with E-state index in [2.05, 4.69) is 6.07 Å². The van der Waals surface area contributed by atoms with Crippen LogP contribution in [0.15, 0.2) is 48.5 Å². The maximum absolute atomic E-state index is 9.40. The molecule has 2 nitrogen and oxygen atoms in total. The van der Waals surface area contributed by atoms with Crippen molar-refractivity contribution in [3.05, 3.63) is 65.2 Å². The van der Waals surface area contributed by atoms with Crippen LogP contribution in [0.2, 0.25) is 0 Å². The SMILES string of the molecule is N#C[C@H]1c2ccccc2COc2ccccc21. The summed E-state index contributed by atoms with van der Waals surface area (Å²) >= 11 is 0. The summed E-state index contributed by atoms with van der Waals surface area (Å²) in [7, 11) is 0. The van der Waals surface area contributed by atoms with Gasteiger partial charge in [0.1, 0.15) is 18.3 Å². The van der Waals surface area contributed by atoms with Gasteiger partial charge in [-0.25, -0.2) is 0 Å². The highest BCUT2D eigenvalue weighted by molar-refractivity contribution is 5.50. The molecule has 1 atom stereocenters. The van der Waals surface area contributed by atoms with Gasteiger partial charge in [0.05, 0.1) is 6.07 Å². The lowest BCUT2D eigenvalue weighted by molar-refractivity contribution is 0.307. The lowest BCUT2D eigenvalue weighted by Crippen LogP contribution is -1.99. The second-order valence-electron chi connectivity index (χ2n) is 4.09. The second-order valence-corrected chi connectivity index (χ2v) is 4.09. The van der Waals surface area contributed by atoms with Gasteiger partial charge in [-0.05, 0) is 17.2 Å². The van der Waals surface area contributed by atoms with Crippen molar-refractivity contribution in [1.29, 1.82) is 5.26 Å². The highest BCUT2D eigenvalue weighted by Crippen LogP contribution is 2.36. The molecule has 2 aromatic rings. The van der Waals surface area contributed by atoms with Gasteiger partial charge >= 0.3 is 0 Å². The zero-order valence-corrected chi connectivity index (χ0v) is 9.26. The van der Waals surface area contributed by atoms with Crippen LogP contribution < -0.4 is 4.74 Å². The van der Waals surface area contributed by atoms with Gasteiger partial charge in [-0.1, -0.05) is 42.5 Å². The number of nitriles is 1. The summed E-state index contributed by atoms with van der Waals surface area (Å²) in [4.78, 5) is 0. The highest BCUT2D eigenvalue weighted by Gasteiger charge is 2.23. The molecule has 3 rings (SSSR count). The Kier molecular flexibility index (Phi) is 2.31. The number of hydrogen-bond donors (Lipinski definition) is 0. The number of para-hydroxylation sites is 1. The molecule has 0 N–H and O–H groups in total. The zero-order chi connectivity index (χ0) is 11.7. The fraction of sp³-hybridized carbons (Fsp3) is 0.133. The Morgan fingerprint density at radius 3 is 2.53 bits per heavy atom. The molecule has 0 saturated heterocycles. The highest BCUT2D eigenvalue weighted by atomic mass is 16.5. The Morgan fingerprint density at radius 2 is 1.71 bits per heavy atom. The Hall–Kier alpha value is -2.27. The summed E-state index contributed by atoms with van der Waals surface area (Å²) in [5.41, 5.74) is 3.11. The molecule has 1 heterocycles. The molecule has 1 aliphatic rings. The van der Waals surface area contributed by atoms with E-state index in [0.29, 0.717) is 6.61 Å². The number of rotatable bonds is 0. The van der Waals surface area contributed by atoms with Gasteiger partial charge in [0.2, 0.25) is 0 Å². The molecule has 82 valence electrons. The van der Waals surface area contributed by atoms with Crippen LogP contribution in [0, 0.1) is 11.3 Å². The number of hydrogen-bond acceptors (Lipinski definition) is 2. The summed E-state index contributed by atoms with van der Waals surface area (Å²) in [6, 6.07) is 18.1. The molecule has 0 saturated carbocycles. The van der Waals surface area contributed by atoms with Crippen molar-refractivity contribution in [2.24, 2.45) is 0 Å². The van der Waals surface area contributed by atoms with Gasteiger partial charge in [-0.3, -0.25) is 0 Å². The Balaban J connectivity index is 2.23. The molecule has 0 aliphatic carbocycles. The molecule has 0 bridgehead atoms. The minimum Gasteiger partial charge on any atom is -0.489 e. The minimum atomic E-state index is -0.232. The molecule has 0 fully saturated rings. The molecule has 1 aliphatic heterocycles. The first-order valence-electron chi connectivity index (χ1n) is 5.59. The first kappa shape index (κ1) is 9.92. The van der Waals surface area contributed by atoms with Gasteiger partial charge in [0, 0.05) is 5.56 Å². The average molecular weight is 221 g/mol. The summed E-state index contributed by atoms with van der Waals surface area (Å²) in [5, 5.41) is 9.40. The van der Waals surface area contributed by atoms with Crippen molar-refractivity contribution in [2.45, 2.75) is 12.5 Å². The number of nitrogens with zero attached hydrogens (tertiary/aromatic N) is 1. The van der Waals surface area contributed by atoms with Crippen molar-refractivity contribution >= 4 is 0 Å². The van der Waals surface area contributed by atoms with E-state index in [0.717, 1.165) is 22.4 Å². The fourth-order valence-corrected chi connectivity index (χ4v) is 2.26. The van der Waals surface area contributed by atoms with E-state index in [-0.39, 0.29) is 5.92 Å². The predicted molar refractivity (Wildman–Crippen MR) is 64.7 cm³/mol. The Labute approximate surface area is 100 Å². The molecule has 0 spiro atoms. The third kappa shape index (κ3) is 1.57. The Morgan fingerprint density at radius 1 is 1.00 bits per heavy atom. The van der Waals surface area contributed by atoms with Crippen molar-refractivity contribution in [3.63, 3.8) is 0 Å². The molecular formula is C15H11NO. The van der Waals surface area contributed by atoms with E-state index >= 15 is 0 Å². The summed E-state index contributed by atoms with van der Waals surface area (Å²) in [6.45, 7) is 0.533. The largest absolute Gasteiger partial charge is 0.489 e. The van der Waals surface area contributed by atoms with E-state index in [1.807, 2.05) is 48.5 Å². The van der Waals surface area contributed by atoms with Crippen LogP contribution in [0.4, 0.5) is 0 Å². The van der Waals surface area contributed by atoms with Crippen LogP contribution in [0.3, 0.4) is 0 Å². The van der Waals surface area contributed by atoms with E-state index in [9.17, 15) is 5.26 Å². The third-order valence-corrected chi connectivity index (χ3v) is 3.11. The molecule has 0 unspecified atom stereocenters. The van der Waals surface area contributed by atoms with Crippen molar-refractivity contribution < 1.29 is 4.74 Å². The number of benzene rings is 2. The number of fused-ring (bicyclic) bond motifs is 2. The quantitative estimate of drug-likeness (QED) is 0.684. The van der Waals surface area contributed by atoms with Gasteiger partial charge < -0.3 is 4.74 Å².